The highest BCUT2D eigenvalue weighted by Crippen LogP contribution is 2.42. The molecule has 2 N–H and O–H groups in total. The van der Waals surface area contributed by atoms with Crippen molar-refractivity contribution >= 4 is 17.5 Å². The maximum atomic E-state index is 13.0. The van der Waals surface area contributed by atoms with Gasteiger partial charge in [-0.05, 0) is 37.5 Å². The van der Waals surface area contributed by atoms with Gasteiger partial charge in [-0.1, -0.05) is 30.3 Å². The van der Waals surface area contributed by atoms with Crippen molar-refractivity contribution in [2.24, 2.45) is 11.7 Å². The Bertz CT molecular complexity index is 509. The molecule has 3 atom stereocenters. The van der Waals surface area contributed by atoms with Crippen molar-refractivity contribution in [2.45, 2.75) is 37.3 Å². The van der Waals surface area contributed by atoms with Crippen LogP contribution >= 0.6 is 11.8 Å². The molecule has 3 nitrogen and oxygen atoms in total. The van der Waals surface area contributed by atoms with Gasteiger partial charge in [0, 0.05) is 18.3 Å². The number of rotatable bonds is 3. The number of hydrogen-bond donors (Lipinski definition) is 1. The zero-order valence-electron chi connectivity index (χ0n) is 12.5. The number of thioether (sulfide) groups is 1. The second-order valence-corrected chi connectivity index (χ2v) is 7.56. The number of carbonyl (C=O) groups excluding carboxylic acids is 1. The quantitative estimate of drug-likeness (QED) is 0.933. The molecule has 2 fully saturated rings. The summed E-state index contributed by atoms with van der Waals surface area (Å²) in [7, 11) is 0. The molecule has 0 aromatic heterocycles. The molecule has 0 aliphatic carbocycles. The van der Waals surface area contributed by atoms with Crippen LogP contribution in [0.3, 0.4) is 0 Å². The molecule has 1 aromatic rings. The van der Waals surface area contributed by atoms with Crippen LogP contribution in [0.1, 0.15) is 31.7 Å². The minimum absolute atomic E-state index is 0.0210. The lowest BCUT2D eigenvalue weighted by Crippen LogP contribution is -2.50. The summed E-state index contributed by atoms with van der Waals surface area (Å²) in [5.74, 6) is 2.34. The fraction of sp³-hybridized carbons (Fsp3) is 0.588. The fourth-order valence-corrected chi connectivity index (χ4v) is 4.84. The van der Waals surface area contributed by atoms with Gasteiger partial charge >= 0.3 is 0 Å². The Balaban J connectivity index is 1.78. The molecule has 0 bridgehead atoms. The van der Waals surface area contributed by atoms with Crippen molar-refractivity contribution in [1.82, 2.24) is 0 Å². The van der Waals surface area contributed by atoms with Crippen LogP contribution in [0.15, 0.2) is 30.3 Å². The zero-order valence-corrected chi connectivity index (χ0v) is 13.3. The van der Waals surface area contributed by atoms with E-state index in [9.17, 15) is 4.79 Å². The Morgan fingerprint density at radius 3 is 2.86 bits per heavy atom. The second kappa shape index (κ2) is 5.75. The fourth-order valence-electron chi connectivity index (χ4n) is 3.47. The predicted octanol–water partition coefficient (Wildman–Crippen LogP) is 2.73. The minimum atomic E-state index is -0.907. The lowest BCUT2D eigenvalue weighted by Gasteiger charge is -2.39. The zero-order chi connectivity index (χ0) is 14.9. The Hall–Kier alpha value is -0.840. The van der Waals surface area contributed by atoms with Gasteiger partial charge in [0.05, 0.1) is 11.1 Å². The SMILES string of the molecule is CC(N)(C(=O)C1CCOC2(CCSC2)C1)c1ccccc1. The largest absolute Gasteiger partial charge is 0.374 e. The average Bonchev–Trinajstić information content (AvgIpc) is 2.95. The highest BCUT2D eigenvalue weighted by Gasteiger charge is 2.45. The summed E-state index contributed by atoms with van der Waals surface area (Å²) < 4.78 is 6.01. The van der Waals surface area contributed by atoms with E-state index in [-0.39, 0.29) is 17.3 Å². The third-order valence-electron chi connectivity index (χ3n) is 4.82. The van der Waals surface area contributed by atoms with Crippen LogP contribution < -0.4 is 5.73 Å². The summed E-state index contributed by atoms with van der Waals surface area (Å²) in [5, 5.41) is 0. The summed E-state index contributed by atoms with van der Waals surface area (Å²) in [4.78, 5) is 13.0. The summed E-state index contributed by atoms with van der Waals surface area (Å²) in [6.07, 6.45) is 2.69. The van der Waals surface area contributed by atoms with E-state index in [0.717, 1.165) is 36.3 Å². The van der Waals surface area contributed by atoms with Gasteiger partial charge in [-0.15, -0.1) is 0 Å². The van der Waals surface area contributed by atoms with Gasteiger partial charge < -0.3 is 10.5 Å². The van der Waals surface area contributed by atoms with Crippen molar-refractivity contribution < 1.29 is 9.53 Å². The first kappa shape index (κ1) is 15.1. The monoisotopic (exact) mass is 305 g/mol. The third-order valence-corrected chi connectivity index (χ3v) is 6.04. The molecule has 3 rings (SSSR count). The summed E-state index contributed by atoms with van der Waals surface area (Å²) in [6, 6.07) is 9.71. The number of ether oxygens (including phenoxy) is 1. The lowest BCUT2D eigenvalue weighted by atomic mass is 9.75. The Morgan fingerprint density at radius 2 is 2.19 bits per heavy atom. The number of ketones is 1. The first-order chi connectivity index (χ1) is 10.0. The van der Waals surface area contributed by atoms with E-state index in [4.69, 9.17) is 10.5 Å². The van der Waals surface area contributed by atoms with Crippen molar-refractivity contribution in [3.05, 3.63) is 35.9 Å². The average molecular weight is 305 g/mol. The van der Waals surface area contributed by atoms with Crippen molar-refractivity contribution in [1.29, 1.82) is 0 Å². The Morgan fingerprint density at radius 1 is 1.43 bits per heavy atom. The molecule has 21 heavy (non-hydrogen) atoms. The summed E-state index contributed by atoms with van der Waals surface area (Å²) in [5.41, 5.74) is 6.32. The van der Waals surface area contributed by atoms with Crippen molar-refractivity contribution in [3.8, 4) is 0 Å². The maximum absolute atomic E-state index is 13.0. The van der Waals surface area contributed by atoms with Gasteiger partial charge in [0.25, 0.3) is 0 Å². The Labute approximate surface area is 130 Å². The van der Waals surface area contributed by atoms with Crippen LogP contribution in [0.25, 0.3) is 0 Å². The van der Waals surface area contributed by atoms with Gasteiger partial charge in [-0.3, -0.25) is 4.79 Å². The minimum Gasteiger partial charge on any atom is -0.374 e. The van der Waals surface area contributed by atoms with Crippen LogP contribution in [-0.2, 0) is 15.1 Å². The second-order valence-electron chi connectivity index (χ2n) is 6.46. The molecule has 2 aliphatic heterocycles. The van der Waals surface area contributed by atoms with Gasteiger partial charge in [-0.2, -0.15) is 11.8 Å². The molecule has 1 spiro atoms. The number of carbonyl (C=O) groups is 1. The van der Waals surface area contributed by atoms with Gasteiger partial charge in [0.15, 0.2) is 5.78 Å². The maximum Gasteiger partial charge on any atom is 0.160 e. The van der Waals surface area contributed by atoms with Gasteiger partial charge in [0.2, 0.25) is 0 Å². The van der Waals surface area contributed by atoms with E-state index >= 15 is 0 Å². The highest BCUT2D eigenvalue weighted by molar-refractivity contribution is 7.99. The molecule has 4 heteroatoms. The van der Waals surface area contributed by atoms with Crippen LogP contribution in [-0.4, -0.2) is 29.5 Å². The number of hydrogen-bond acceptors (Lipinski definition) is 4. The molecule has 3 unspecified atom stereocenters. The first-order valence-electron chi connectivity index (χ1n) is 7.64. The molecule has 1 aromatic carbocycles. The Kier molecular flexibility index (Phi) is 4.12. The van der Waals surface area contributed by atoms with E-state index in [1.807, 2.05) is 49.0 Å². The van der Waals surface area contributed by atoms with E-state index in [1.165, 1.54) is 0 Å². The van der Waals surface area contributed by atoms with Crippen molar-refractivity contribution in [2.75, 3.05) is 18.1 Å². The van der Waals surface area contributed by atoms with Crippen LogP contribution in [0.2, 0.25) is 0 Å². The van der Waals surface area contributed by atoms with E-state index < -0.39 is 5.54 Å². The normalized spacial score (nSPS) is 32.0. The molecule has 0 saturated carbocycles. The van der Waals surface area contributed by atoms with Crippen LogP contribution in [0.5, 0.6) is 0 Å². The molecule has 114 valence electrons. The number of benzene rings is 1. The highest BCUT2D eigenvalue weighted by atomic mass is 32.2. The summed E-state index contributed by atoms with van der Waals surface area (Å²) >= 11 is 1.93. The van der Waals surface area contributed by atoms with E-state index in [1.54, 1.807) is 0 Å². The molecular formula is C17H23NO2S. The molecule has 0 amide bonds. The lowest BCUT2D eigenvalue weighted by molar-refractivity contribution is -0.138. The van der Waals surface area contributed by atoms with Crippen LogP contribution in [0.4, 0.5) is 0 Å². The molecule has 2 saturated heterocycles. The van der Waals surface area contributed by atoms with Gasteiger partial charge in [0.1, 0.15) is 0 Å². The molecule has 2 heterocycles. The van der Waals surface area contributed by atoms with E-state index in [0.29, 0.717) is 6.61 Å². The number of nitrogens with two attached hydrogens (primary N) is 1. The predicted molar refractivity (Wildman–Crippen MR) is 86.3 cm³/mol. The van der Waals surface area contributed by atoms with Crippen LogP contribution in [0, 0.1) is 5.92 Å². The number of Topliss-reactive ketones (excluding diaryl/α,β-unsaturated/α-hetero) is 1. The molecule has 0 radical (unpaired) electrons. The topological polar surface area (TPSA) is 52.3 Å². The first-order valence-corrected chi connectivity index (χ1v) is 8.79. The standard InChI is InChI=1S/C17H23NO2S/c1-16(18,14-5-3-2-4-6-14)15(19)13-7-9-20-17(11-13)8-10-21-12-17/h2-6,13H,7-12,18H2,1H3. The molecule has 2 aliphatic rings. The smallest absolute Gasteiger partial charge is 0.160 e. The molecular weight excluding hydrogens is 282 g/mol. The van der Waals surface area contributed by atoms with Gasteiger partial charge in [-0.25, -0.2) is 0 Å². The van der Waals surface area contributed by atoms with Crippen molar-refractivity contribution in [3.63, 3.8) is 0 Å². The third kappa shape index (κ3) is 2.89. The summed E-state index contributed by atoms with van der Waals surface area (Å²) in [6.45, 7) is 2.53. The van der Waals surface area contributed by atoms with E-state index in [2.05, 4.69) is 0 Å².